The summed E-state index contributed by atoms with van der Waals surface area (Å²) in [6.07, 6.45) is 2.53. The van der Waals surface area contributed by atoms with Gasteiger partial charge < -0.3 is 15.0 Å². The van der Waals surface area contributed by atoms with Crippen molar-refractivity contribution in [3.8, 4) is 11.8 Å². The molecular weight excluding hydrogens is 434 g/mol. The van der Waals surface area contributed by atoms with Gasteiger partial charge in [0.2, 0.25) is 5.91 Å². The molecule has 1 N–H and O–H groups in total. The maximum atomic E-state index is 12.8. The lowest BCUT2D eigenvalue weighted by Crippen LogP contribution is -2.43. The van der Waals surface area contributed by atoms with Crippen molar-refractivity contribution in [1.29, 1.82) is 5.26 Å². The van der Waals surface area contributed by atoms with Crippen LogP contribution in [0, 0.1) is 11.3 Å². The molecule has 1 heterocycles. The number of carbonyl (C=O) groups is 2. The first-order valence-corrected chi connectivity index (χ1v) is 10.3. The van der Waals surface area contributed by atoms with Gasteiger partial charge in [0.15, 0.2) is 0 Å². The van der Waals surface area contributed by atoms with E-state index in [-0.39, 0.29) is 11.8 Å². The van der Waals surface area contributed by atoms with Crippen molar-refractivity contribution >= 4 is 33.4 Å². The average molecular weight is 456 g/mol. The van der Waals surface area contributed by atoms with Gasteiger partial charge in [-0.15, -0.1) is 0 Å². The van der Waals surface area contributed by atoms with E-state index in [2.05, 4.69) is 27.3 Å². The average Bonchev–Trinajstić information content (AvgIpc) is 3.22. The minimum Gasteiger partial charge on any atom is -0.493 e. The second-order valence-corrected chi connectivity index (χ2v) is 7.71. The Balaban J connectivity index is 1.63. The number of likely N-dealkylation sites (tertiary alicyclic amines) is 1. The number of benzene rings is 2. The summed E-state index contributed by atoms with van der Waals surface area (Å²) in [6.45, 7) is 1.01. The number of hydrogen-bond donors (Lipinski definition) is 1. The van der Waals surface area contributed by atoms with Crippen LogP contribution in [0.15, 0.2) is 53.0 Å². The predicted molar refractivity (Wildman–Crippen MR) is 114 cm³/mol. The van der Waals surface area contributed by atoms with E-state index in [9.17, 15) is 9.59 Å². The van der Waals surface area contributed by atoms with Gasteiger partial charge in [-0.1, -0.05) is 22.0 Å². The zero-order valence-corrected chi connectivity index (χ0v) is 17.5. The molecular formula is C22H22BrN3O3. The number of hydrogen-bond acceptors (Lipinski definition) is 4. The highest BCUT2D eigenvalue weighted by Gasteiger charge is 2.34. The third kappa shape index (κ3) is 5.58. The Morgan fingerprint density at radius 2 is 2.03 bits per heavy atom. The molecule has 2 aromatic carbocycles. The largest absolute Gasteiger partial charge is 0.493 e. The van der Waals surface area contributed by atoms with E-state index in [0.717, 1.165) is 10.9 Å². The van der Waals surface area contributed by atoms with Crippen molar-refractivity contribution in [3.63, 3.8) is 0 Å². The van der Waals surface area contributed by atoms with Crippen molar-refractivity contribution in [3.05, 3.63) is 58.6 Å². The lowest BCUT2D eigenvalue weighted by atomic mass is 10.1. The van der Waals surface area contributed by atoms with E-state index in [0.29, 0.717) is 49.4 Å². The molecule has 150 valence electrons. The monoisotopic (exact) mass is 455 g/mol. The molecule has 2 amide bonds. The maximum absolute atomic E-state index is 12.8. The first-order valence-electron chi connectivity index (χ1n) is 9.55. The van der Waals surface area contributed by atoms with Crippen LogP contribution in [0.5, 0.6) is 5.75 Å². The lowest BCUT2D eigenvalue weighted by Gasteiger charge is -2.24. The summed E-state index contributed by atoms with van der Waals surface area (Å²) >= 11 is 3.37. The van der Waals surface area contributed by atoms with Crippen LogP contribution >= 0.6 is 15.9 Å². The van der Waals surface area contributed by atoms with Crippen LogP contribution in [0.25, 0.3) is 0 Å². The zero-order valence-electron chi connectivity index (χ0n) is 15.9. The molecule has 1 fully saturated rings. The summed E-state index contributed by atoms with van der Waals surface area (Å²) in [5.41, 5.74) is 1.19. The topological polar surface area (TPSA) is 82.4 Å². The maximum Gasteiger partial charge on any atom is 0.254 e. The summed E-state index contributed by atoms with van der Waals surface area (Å²) < 4.78 is 6.51. The normalized spacial score (nSPS) is 15.6. The van der Waals surface area contributed by atoms with Gasteiger partial charge in [0.05, 0.1) is 12.7 Å². The Labute approximate surface area is 178 Å². The Bertz CT molecular complexity index is 908. The molecule has 0 aliphatic carbocycles. The molecule has 1 unspecified atom stereocenters. The number of amides is 2. The molecule has 0 saturated carbocycles. The Kier molecular flexibility index (Phi) is 7.25. The number of ether oxygens (including phenoxy) is 1. The van der Waals surface area contributed by atoms with Gasteiger partial charge in [-0.2, -0.15) is 5.26 Å². The lowest BCUT2D eigenvalue weighted by molar-refractivity contribution is -0.119. The van der Waals surface area contributed by atoms with Gasteiger partial charge in [0.1, 0.15) is 11.8 Å². The molecule has 1 aliphatic rings. The number of carbonyl (C=O) groups excluding carboxylic acids is 2. The SMILES string of the molecule is N#CCCCOc1cccc(NC(=O)C2CCCN2C(=O)c2ccc(Br)cc2)c1. The molecule has 0 spiro atoms. The minimum atomic E-state index is -0.494. The number of nitriles is 1. The fraction of sp³-hybridized carbons (Fsp3) is 0.318. The summed E-state index contributed by atoms with van der Waals surface area (Å²) in [7, 11) is 0. The second kappa shape index (κ2) is 10.1. The van der Waals surface area contributed by atoms with E-state index in [1.54, 1.807) is 41.3 Å². The van der Waals surface area contributed by atoms with Crippen LogP contribution < -0.4 is 10.1 Å². The standard InChI is InChI=1S/C22H22BrN3O3/c23-17-10-8-16(9-11-17)22(28)26-13-4-7-20(26)21(27)25-18-5-3-6-19(15-18)29-14-2-1-12-24/h3,5-6,8-11,15,20H,1-2,4,7,13-14H2,(H,25,27). The van der Waals surface area contributed by atoms with Crippen LogP contribution in [0.3, 0.4) is 0 Å². The number of nitrogens with one attached hydrogen (secondary N) is 1. The minimum absolute atomic E-state index is 0.135. The quantitative estimate of drug-likeness (QED) is 0.628. The second-order valence-electron chi connectivity index (χ2n) is 6.79. The molecule has 7 heteroatoms. The van der Waals surface area contributed by atoms with E-state index in [1.165, 1.54) is 0 Å². The molecule has 0 bridgehead atoms. The van der Waals surface area contributed by atoms with Gasteiger partial charge >= 0.3 is 0 Å². The first-order chi connectivity index (χ1) is 14.1. The highest BCUT2D eigenvalue weighted by atomic mass is 79.9. The van der Waals surface area contributed by atoms with E-state index in [4.69, 9.17) is 10.00 Å². The Morgan fingerprint density at radius 3 is 2.79 bits per heavy atom. The van der Waals surface area contributed by atoms with E-state index in [1.807, 2.05) is 12.1 Å². The molecule has 2 aromatic rings. The van der Waals surface area contributed by atoms with Gasteiger partial charge in [-0.05, 0) is 55.7 Å². The number of nitrogens with zero attached hydrogens (tertiary/aromatic N) is 2. The molecule has 1 aliphatic heterocycles. The van der Waals surface area contributed by atoms with Crippen molar-refractivity contribution in [2.24, 2.45) is 0 Å². The van der Waals surface area contributed by atoms with Crippen molar-refractivity contribution in [2.75, 3.05) is 18.5 Å². The highest BCUT2D eigenvalue weighted by molar-refractivity contribution is 9.10. The fourth-order valence-corrected chi connectivity index (χ4v) is 3.54. The summed E-state index contributed by atoms with van der Waals surface area (Å²) in [5, 5.41) is 11.5. The zero-order chi connectivity index (χ0) is 20.6. The molecule has 0 radical (unpaired) electrons. The van der Waals surface area contributed by atoms with Gasteiger partial charge in [-0.3, -0.25) is 9.59 Å². The molecule has 0 aromatic heterocycles. The van der Waals surface area contributed by atoms with E-state index < -0.39 is 6.04 Å². The molecule has 6 nitrogen and oxygen atoms in total. The third-order valence-corrected chi connectivity index (χ3v) is 5.24. The number of rotatable bonds is 7. The number of anilines is 1. The third-order valence-electron chi connectivity index (χ3n) is 4.71. The van der Waals surface area contributed by atoms with Gasteiger partial charge in [-0.25, -0.2) is 0 Å². The van der Waals surface area contributed by atoms with Crippen molar-refractivity contribution in [2.45, 2.75) is 31.7 Å². The summed E-state index contributed by atoms with van der Waals surface area (Å²) in [5.74, 6) is 0.300. The number of halogens is 1. The van der Waals surface area contributed by atoms with Crippen LogP contribution in [0.2, 0.25) is 0 Å². The summed E-state index contributed by atoms with van der Waals surface area (Å²) in [4.78, 5) is 27.3. The number of unbranched alkanes of at least 4 members (excludes halogenated alkanes) is 1. The van der Waals surface area contributed by atoms with E-state index >= 15 is 0 Å². The molecule has 3 rings (SSSR count). The Hall–Kier alpha value is -2.85. The summed E-state index contributed by atoms with van der Waals surface area (Å²) in [6, 6.07) is 15.9. The smallest absolute Gasteiger partial charge is 0.254 e. The molecule has 29 heavy (non-hydrogen) atoms. The van der Waals surface area contributed by atoms with Crippen LogP contribution in [-0.4, -0.2) is 35.9 Å². The fourth-order valence-electron chi connectivity index (χ4n) is 3.27. The van der Waals surface area contributed by atoms with Crippen molar-refractivity contribution < 1.29 is 14.3 Å². The van der Waals surface area contributed by atoms with Gasteiger partial charge in [0.25, 0.3) is 5.91 Å². The van der Waals surface area contributed by atoms with Crippen LogP contribution in [0.1, 0.15) is 36.0 Å². The molecule has 1 atom stereocenters. The van der Waals surface area contributed by atoms with Crippen molar-refractivity contribution in [1.82, 2.24) is 4.90 Å². The first kappa shape index (κ1) is 20.9. The molecule has 1 saturated heterocycles. The Morgan fingerprint density at radius 1 is 1.24 bits per heavy atom. The van der Waals surface area contributed by atoms with Crippen LogP contribution in [-0.2, 0) is 4.79 Å². The van der Waals surface area contributed by atoms with Crippen LogP contribution in [0.4, 0.5) is 5.69 Å². The van der Waals surface area contributed by atoms with Gasteiger partial charge in [0, 0.05) is 34.8 Å². The highest BCUT2D eigenvalue weighted by Crippen LogP contribution is 2.24. The predicted octanol–water partition coefficient (Wildman–Crippen LogP) is 4.37.